The van der Waals surface area contributed by atoms with Gasteiger partial charge in [-0.1, -0.05) is 42.5 Å². The Morgan fingerprint density at radius 2 is 1.62 bits per heavy atom. The number of nitrogens with zero attached hydrogens (tertiary/aromatic N) is 2. The summed E-state index contributed by atoms with van der Waals surface area (Å²) in [4.78, 5) is 30.5. The molecule has 1 aliphatic heterocycles. The van der Waals surface area contributed by atoms with Crippen LogP contribution < -0.4 is 0 Å². The molecule has 0 aliphatic carbocycles. The van der Waals surface area contributed by atoms with Crippen LogP contribution in [0.2, 0.25) is 0 Å². The number of carbonyl (C=O) groups is 2. The summed E-state index contributed by atoms with van der Waals surface area (Å²) in [5.41, 5.74) is 3.96. The van der Waals surface area contributed by atoms with E-state index in [1.807, 2.05) is 37.3 Å². The van der Waals surface area contributed by atoms with Crippen LogP contribution in [0, 0.1) is 12.8 Å². The number of hydrogen-bond acceptors (Lipinski definition) is 6. The van der Waals surface area contributed by atoms with Gasteiger partial charge in [-0.05, 0) is 49.9 Å². The SMILES string of the molecule is CCOC(=O)C1CCN(C(=O)OCCc2nc(-c3ccc(-c4ccccc4)cc3)oc2C)CC1. The zero-order chi connectivity index (χ0) is 23.9. The van der Waals surface area contributed by atoms with Crippen LogP contribution >= 0.6 is 0 Å². The Morgan fingerprint density at radius 1 is 0.971 bits per heavy atom. The molecular weight excluding hydrogens is 432 g/mol. The molecule has 4 rings (SSSR count). The highest BCUT2D eigenvalue weighted by molar-refractivity contribution is 5.73. The monoisotopic (exact) mass is 462 g/mol. The number of ether oxygens (including phenoxy) is 2. The molecule has 34 heavy (non-hydrogen) atoms. The minimum atomic E-state index is -0.361. The molecule has 0 bridgehead atoms. The van der Waals surface area contributed by atoms with Gasteiger partial charge in [-0.3, -0.25) is 4.79 Å². The molecule has 1 fully saturated rings. The first-order chi connectivity index (χ1) is 16.5. The lowest BCUT2D eigenvalue weighted by atomic mass is 9.97. The minimum Gasteiger partial charge on any atom is -0.466 e. The van der Waals surface area contributed by atoms with E-state index in [-0.39, 0.29) is 24.6 Å². The highest BCUT2D eigenvalue weighted by Gasteiger charge is 2.28. The summed E-state index contributed by atoms with van der Waals surface area (Å²) in [5, 5.41) is 0. The Morgan fingerprint density at radius 3 is 2.29 bits per heavy atom. The third kappa shape index (κ3) is 5.65. The average Bonchev–Trinajstić information content (AvgIpc) is 3.25. The lowest BCUT2D eigenvalue weighted by Gasteiger charge is -2.30. The number of hydrogen-bond donors (Lipinski definition) is 0. The number of oxazole rings is 1. The van der Waals surface area contributed by atoms with E-state index >= 15 is 0 Å². The summed E-state index contributed by atoms with van der Waals surface area (Å²) in [6.07, 6.45) is 1.31. The van der Waals surface area contributed by atoms with E-state index in [1.54, 1.807) is 11.8 Å². The van der Waals surface area contributed by atoms with Crippen molar-refractivity contribution in [1.82, 2.24) is 9.88 Å². The van der Waals surface area contributed by atoms with Gasteiger partial charge in [-0.15, -0.1) is 0 Å². The molecule has 1 saturated heterocycles. The van der Waals surface area contributed by atoms with Gasteiger partial charge in [0.15, 0.2) is 0 Å². The molecule has 0 N–H and O–H groups in total. The summed E-state index contributed by atoms with van der Waals surface area (Å²) in [6, 6.07) is 18.3. The Kier molecular flexibility index (Phi) is 7.62. The maximum atomic E-state index is 12.4. The highest BCUT2D eigenvalue weighted by Crippen LogP contribution is 2.26. The van der Waals surface area contributed by atoms with Crippen LogP contribution in [0.25, 0.3) is 22.6 Å². The van der Waals surface area contributed by atoms with Gasteiger partial charge in [0.05, 0.1) is 24.8 Å². The van der Waals surface area contributed by atoms with Crippen LogP contribution in [0.3, 0.4) is 0 Å². The second-order valence-electron chi connectivity index (χ2n) is 8.34. The van der Waals surface area contributed by atoms with Crippen molar-refractivity contribution in [3.8, 4) is 22.6 Å². The maximum absolute atomic E-state index is 12.4. The molecule has 178 valence electrons. The first-order valence-corrected chi connectivity index (χ1v) is 11.8. The molecule has 7 heteroatoms. The number of likely N-dealkylation sites (tertiary alicyclic amines) is 1. The molecule has 2 heterocycles. The van der Waals surface area contributed by atoms with Gasteiger partial charge in [0.2, 0.25) is 5.89 Å². The van der Waals surface area contributed by atoms with Crippen molar-refractivity contribution in [2.75, 3.05) is 26.3 Å². The zero-order valence-electron chi connectivity index (χ0n) is 19.7. The summed E-state index contributed by atoms with van der Waals surface area (Å²) in [5.74, 6) is 0.956. The van der Waals surface area contributed by atoms with Crippen molar-refractivity contribution in [2.45, 2.75) is 33.1 Å². The van der Waals surface area contributed by atoms with E-state index in [9.17, 15) is 9.59 Å². The first-order valence-electron chi connectivity index (χ1n) is 11.8. The number of rotatable bonds is 7. The van der Waals surface area contributed by atoms with Gasteiger partial charge in [0.1, 0.15) is 5.76 Å². The minimum absolute atomic E-state index is 0.137. The quantitative estimate of drug-likeness (QED) is 0.445. The Hall–Kier alpha value is -3.61. The Bertz CT molecular complexity index is 1100. The molecule has 0 unspecified atom stereocenters. The summed E-state index contributed by atoms with van der Waals surface area (Å²) < 4.78 is 16.4. The molecule has 7 nitrogen and oxygen atoms in total. The van der Waals surface area contributed by atoms with Crippen LogP contribution in [0.15, 0.2) is 59.0 Å². The topological polar surface area (TPSA) is 81.9 Å². The van der Waals surface area contributed by atoms with Gasteiger partial charge in [-0.2, -0.15) is 0 Å². The lowest BCUT2D eigenvalue weighted by molar-refractivity contribution is -0.149. The second-order valence-corrected chi connectivity index (χ2v) is 8.34. The van der Waals surface area contributed by atoms with E-state index in [1.165, 1.54) is 0 Å². The smallest absolute Gasteiger partial charge is 0.409 e. The number of carbonyl (C=O) groups excluding carboxylic acids is 2. The van der Waals surface area contributed by atoms with Gasteiger partial charge in [0.25, 0.3) is 0 Å². The number of esters is 1. The standard InChI is InChI=1S/C27H30N2O5/c1-3-32-26(30)23-13-16-29(17-14-23)27(31)33-18-15-24-19(2)34-25(28-24)22-11-9-21(10-12-22)20-7-5-4-6-8-20/h4-12,23H,3,13-18H2,1-2H3. The van der Waals surface area contributed by atoms with Crippen molar-refractivity contribution >= 4 is 12.1 Å². The second kappa shape index (κ2) is 11.0. The third-order valence-electron chi connectivity index (χ3n) is 6.07. The van der Waals surface area contributed by atoms with Gasteiger partial charge in [0, 0.05) is 25.1 Å². The molecular formula is C27H30N2O5. The lowest BCUT2D eigenvalue weighted by Crippen LogP contribution is -2.41. The molecule has 0 radical (unpaired) electrons. The maximum Gasteiger partial charge on any atom is 0.409 e. The fourth-order valence-corrected chi connectivity index (χ4v) is 4.10. The predicted molar refractivity (Wildman–Crippen MR) is 128 cm³/mol. The summed E-state index contributed by atoms with van der Waals surface area (Å²) in [6.45, 7) is 5.25. The Labute approximate surface area is 199 Å². The fraction of sp³-hybridized carbons (Fsp3) is 0.370. The molecule has 3 aromatic rings. The van der Waals surface area contributed by atoms with Crippen molar-refractivity contribution in [1.29, 1.82) is 0 Å². The molecule has 0 spiro atoms. The average molecular weight is 463 g/mol. The van der Waals surface area contributed by atoms with Crippen molar-refractivity contribution in [3.63, 3.8) is 0 Å². The van der Waals surface area contributed by atoms with Crippen molar-refractivity contribution in [3.05, 3.63) is 66.1 Å². The van der Waals surface area contributed by atoms with Crippen molar-refractivity contribution in [2.24, 2.45) is 5.92 Å². The number of aryl methyl sites for hydroxylation is 1. The largest absolute Gasteiger partial charge is 0.466 e. The highest BCUT2D eigenvalue weighted by atomic mass is 16.6. The van der Waals surface area contributed by atoms with Gasteiger partial charge >= 0.3 is 12.1 Å². The molecule has 0 saturated carbocycles. The third-order valence-corrected chi connectivity index (χ3v) is 6.07. The van der Waals surface area contributed by atoms with Crippen LogP contribution in [0.1, 0.15) is 31.2 Å². The van der Waals surface area contributed by atoms with Gasteiger partial charge < -0.3 is 18.8 Å². The molecule has 0 atom stereocenters. The number of aromatic nitrogens is 1. The summed E-state index contributed by atoms with van der Waals surface area (Å²) in [7, 11) is 0. The molecule has 1 amide bonds. The van der Waals surface area contributed by atoms with E-state index in [0.717, 1.165) is 22.4 Å². The van der Waals surface area contributed by atoms with Crippen LogP contribution in [-0.2, 0) is 20.7 Å². The van der Waals surface area contributed by atoms with Gasteiger partial charge in [-0.25, -0.2) is 9.78 Å². The molecule has 1 aliphatic rings. The van der Waals surface area contributed by atoms with E-state index < -0.39 is 0 Å². The summed E-state index contributed by atoms with van der Waals surface area (Å²) >= 11 is 0. The normalized spacial score (nSPS) is 14.1. The molecule has 1 aromatic heterocycles. The van der Waals surface area contributed by atoms with Crippen LogP contribution in [0.5, 0.6) is 0 Å². The first kappa shape index (κ1) is 23.5. The van der Waals surface area contributed by atoms with E-state index in [0.29, 0.717) is 50.6 Å². The number of benzene rings is 2. The molecule has 2 aromatic carbocycles. The predicted octanol–water partition coefficient (Wildman–Crippen LogP) is 5.27. The van der Waals surface area contributed by atoms with E-state index in [2.05, 4.69) is 29.2 Å². The number of piperidine rings is 1. The number of amides is 1. The van der Waals surface area contributed by atoms with Crippen LogP contribution in [0.4, 0.5) is 4.79 Å². The zero-order valence-corrected chi connectivity index (χ0v) is 19.7. The fourth-order valence-electron chi connectivity index (χ4n) is 4.10. The van der Waals surface area contributed by atoms with Crippen molar-refractivity contribution < 1.29 is 23.5 Å². The van der Waals surface area contributed by atoms with E-state index in [4.69, 9.17) is 13.9 Å². The van der Waals surface area contributed by atoms with Crippen LogP contribution in [-0.4, -0.2) is 48.2 Å². The Balaban J connectivity index is 1.27.